The molecule has 0 aliphatic heterocycles. The Bertz CT molecular complexity index is 488. The zero-order valence-corrected chi connectivity index (χ0v) is 12.0. The summed E-state index contributed by atoms with van der Waals surface area (Å²) >= 11 is 11.7. The van der Waals surface area contributed by atoms with Gasteiger partial charge in [-0.1, -0.05) is 29.3 Å². The third-order valence-corrected chi connectivity index (χ3v) is 4.13. The Kier molecular flexibility index (Phi) is 5.25. The van der Waals surface area contributed by atoms with Gasteiger partial charge in [0.25, 0.3) is 0 Å². The Morgan fingerprint density at radius 1 is 1.29 bits per heavy atom. The van der Waals surface area contributed by atoms with Gasteiger partial charge in [0.05, 0.1) is 15.8 Å². The zero-order chi connectivity index (χ0) is 13.1. The number of rotatable bonds is 5. The van der Waals surface area contributed by atoms with Crippen LogP contribution in [0.5, 0.6) is 0 Å². The van der Waals surface area contributed by atoms with E-state index in [1.165, 1.54) is 6.26 Å². The van der Waals surface area contributed by atoms with E-state index in [9.17, 15) is 8.42 Å². The number of benzene rings is 1. The summed E-state index contributed by atoms with van der Waals surface area (Å²) in [7, 11) is -1.25. The first kappa shape index (κ1) is 14.8. The molecular formula is C11H15Cl2NO2S. The topological polar surface area (TPSA) is 46.2 Å². The average Bonchev–Trinajstić information content (AvgIpc) is 2.20. The molecule has 96 valence electrons. The number of sulfone groups is 1. The molecule has 0 fully saturated rings. The highest BCUT2D eigenvalue weighted by molar-refractivity contribution is 7.90. The number of likely N-dealkylation sites (N-methyl/N-ethyl adjacent to an activating group) is 1. The second-order valence-corrected chi connectivity index (χ2v) is 7.03. The van der Waals surface area contributed by atoms with Crippen LogP contribution in [0, 0.1) is 0 Å². The summed E-state index contributed by atoms with van der Waals surface area (Å²) in [4.78, 5) is 0. The normalized spacial score (nSPS) is 13.6. The molecule has 1 aromatic carbocycles. The Morgan fingerprint density at radius 2 is 1.94 bits per heavy atom. The molecule has 0 spiro atoms. The van der Waals surface area contributed by atoms with Crippen LogP contribution in [-0.2, 0) is 16.3 Å². The minimum atomic E-state index is -3.00. The highest BCUT2D eigenvalue weighted by Crippen LogP contribution is 2.23. The molecule has 1 rings (SSSR count). The van der Waals surface area contributed by atoms with Gasteiger partial charge in [-0.25, -0.2) is 8.42 Å². The Hall–Kier alpha value is -0.290. The van der Waals surface area contributed by atoms with Crippen LogP contribution in [0.3, 0.4) is 0 Å². The van der Waals surface area contributed by atoms with Crippen molar-refractivity contribution in [2.45, 2.75) is 12.5 Å². The summed E-state index contributed by atoms with van der Waals surface area (Å²) in [5.74, 6) is 0.101. The van der Waals surface area contributed by atoms with E-state index in [4.69, 9.17) is 23.2 Å². The van der Waals surface area contributed by atoms with Crippen LogP contribution in [0.2, 0.25) is 10.0 Å². The van der Waals surface area contributed by atoms with E-state index in [0.29, 0.717) is 16.5 Å². The third-order valence-electron chi connectivity index (χ3n) is 2.38. The molecule has 1 N–H and O–H groups in total. The summed E-state index contributed by atoms with van der Waals surface area (Å²) < 4.78 is 22.4. The summed E-state index contributed by atoms with van der Waals surface area (Å²) in [6, 6.07) is 5.20. The van der Waals surface area contributed by atoms with Gasteiger partial charge in [0, 0.05) is 12.3 Å². The van der Waals surface area contributed by atoms with Gasteiger partial charge in [0.1, 0.15) is 9.84 Å². The minimum Gasteiger partial charge on any atom is -0.316 e. The fourth-order valence-electron chi connectivity index (χ4n) is 1.56. The molecule has 0 aromatic heterocycles. The van der Waals surface area contributed by atoms with Gasteiger partial charge >= 0.3 is 0 Å². The molecule has 0 saturated heterocycles. The van der Waals surface area contributed by atoms with E-state index in [1.807, 2.05) is 6.07 Å². The molecule has 0 saturated carbocycles. The van der Waals surface area contributed by atoms with E-state index in [0.717, 1.165) is 5.56 Å². The maximum Gasteiger partial charge on any atom is 0.148 e. The van der Waals surface area contributed by atoms with Crippen molar-refractivity contribution in [2.75, 3.05) is 19.1 Å². The molecule has 17 heavy (non-hydrogen) atoms. The standard InChI is InChI=1S/C11H15Cl2NO2S/c1-14-9(7-17(2,15)16)5-8-3-4-10(12)11(13)6-8/h3-4,6,9,14H,5,7H2,1-2H3. The van der Waals surface area contributed by atoms with Crippen LogP contribution in [0.4, 0.5) is 0 Å². The lowest BCUT2D eigenvalue weighted by molar-refractivity contribution is 0.567. The van der Waals surface area contributed by atoms with E-state index in [2.05, 4.69) is 5.32 Å². The Balaban J connectivity index is 2.77. The van der Waals surface area contributed by atoms with Crippen LogP contribution >= 0.6 is 23.2 Å². The smallest absolute Gasteiger partial charge is 0.148 e. The second kappa shape index (κ2) is 6.05. The summed E-state index contributed by atoms with van der Waals surface area (Å²) in [5, 5.41) is 3.97. The molecule has 1 aromatic rings. The highest BCUT2D eigenvalue weighted by atomic mass is 35.5. The first-order valence-electron chi connectivity index (χ1n) is 5.10. The van der Waals surface area contributed by atoms with E-state index in [-0.39, 0.29) is 11.8 Å². The molecule has 6 heteroatoms. The van der Waals surface area contributed by atoms with Crippen molar-refractivity contribution in [3.8, 4) is 0 Å². The molecule has 0 heterocycles. The van der Waals surface area contributed by atoms with Crippen molar-refractivity contribution >= 4 is 33.0 Å². The molecule has 0 amide bonds. The van der Waals surface area contributed by atoms with Crippen molar-refractivity contribution in [2.24, 2.45) is 0 Å². The lowest BCUT2D eigenvalue weighted by atomic mass is 10.1. The molecule has 1 unspecified atom stereocenters. The number of hydrogen-bond acceptors (Lipinski definition) is 3. The van der Waals surface area contributed by atoms with Crippen molar-refractivity contribution < 1.29 is 8.42 Å². The minimum absolute atomic E-state index is 0.101. The summed E-state index contributed by atoms with van der Waals surface area (Å²) in [6.07, 6.45) is 1.83. The number of nitrogens with one attached hydrogen (secondary N) is 1. The first-order chi connectivity index (χ1) is 7.81. The molecule has 0 aliphatic rings. The molecule has 1 atom stereocenters. The molecule has 0 aliphatic carbocycles. The van der Waals surface area contributed by atoms with Gasteiger partial charge in [-0.3, -0.25) is 0 Å². The first-order valence-corrected chi connectivity index (χ1v) is 7.92. The maximum atomic E-state index is 11.2. The molecular weight excluding hydrogens is 281 g/mol. The summed E-state index contributed by atoms with van der Waals surface area (Å²) in [6.45, 7) is 0. The predicted molar refractivity (Wildman–Crippen MR) is 72.7 cm³/mol. The Labute approximate surface area is 112 Å². The molecule has 3 nitrogen and oxygen atoms in total. The summed E-state index contributed by atoms with van der Waals surface area (Å²) in [5.41, 5.74) is 0.961. The highest BCUT2D eigenvalue weighted by Gasteiger charge is 2.14. The van der Waals surface area contributed by atoms with Crippen molar-refractivity contribution in [3.05, 3.63) is 33.8 Å². The Morgan fingerprint density at radius 3 is 2.41 bits per heavy atom. The van der Waals surface area contributed by atoms with Crippen LogP contribution < -0.4 is 5.32 Å². The van der Waals surface area contributed by atoms with Crippen LogP contribution in [0.1, 0.15) is 5.56 Å². The van der Waals surface area contributed by atoms with E-state index < -0.39 is 9.84 Å². The largest absolute Gasteiger partial charge is 0.316 e. The third kappa shape index (κ3) is 5.25. The average molecular weight is 296 g/mol. The molecule has 0 radical (unpaired) electrons. The van der Waals surface area contributed by atoms with Gasteiger partial charge in [0.2, 0.25) is 0 Å². The van der Waals surface area contributed by atoms with Crippen LogP contribution in [-0.4, -0.2) is 33.5 Å². The fourth-order valence-corrected chi connectivity index (χ4v) is 2.90. The van der Waals surface area contributed by atoms with Gasteiger partial charge in [-0.2, -0.15) is 0 Å². The van der Waals surface area contributed by atoms with Crippen LogP contribution in [0.25, 0.3) is 0 Å². The van der Waals surface area contributed by atoms with Crippen molar-refractivity contribution in [1.29, 1.82) is 0 Å². The monoisotopic (exact) mass is 295 g/mol. The fraction of sp³-hybridized carbons (Fsp3) is 0.455. The number of hydrogen-bond donors (Lipinski definition) is 1. The van der Waals surface area contributed by atoms with Gasteiger partial charge in [-0.05, 0) is 31.2 Å². The quantitative estimate of drug-likeness (QED) is 0.906. The van der Waals surface area contributed by atoms with Gasteiger partial charge in [0.15, 0.2) is 0 Å². The van der Waals surface area contributed by atoms with Gasteiger partial charge < -0.3 is 5.32 Å². The van der Waals surface area contributed by atoms with Crippen molar-refractivity contribution in [3.63, 3.8) is 0 Å². The zero-order valence-electron chi connectivity index (χ0n) is 9.70. The maximum absolute atomic E-state index is 11.2. The lowest BCUT2D eigenvalue weighted by Crippen LogP contribution is -2.34. The lowest BCUT2D eigenvalue weighted by Gasteiger charge is -2.15. The van der Waals surface area contributed by atoms with Gasteiger partial charge in [-0.15, -0.1) is 0 Å². The molecule has 0 bridgehead atoms. The SMILES string of the molecule is CNC(Cc1ccc(Cl)c(Cl)c1)CS(C)(=O)=O. The number of halogens is 2. The van der Waals surface area contributed by atoms with Crippen LogP contribution in [0.15, 0.2) is 18.2 Å². The predicted octanol–water partition coefficient (Wildman–Crippen LogP) is 2.17. The van der Waals surface area contributed by atoms with E-state index in [1.54, 1.807) is 19.2 Å². The van der Waals surface area contributed by atoms with E-state index >= 15 is 0 Å². The second-order valence-electron chi connectivity index (χ2n) is 4.03. The van der Waals surface area contributed by atoms with Crippen molar-refractivity contribution in [1.82, 2.24) is 5.32 Å².